The largest absolute Gasteiger partial charge is 0.322 e. The Balaban J connectivity index is 1.65. The third-order valence-corrected chi connectivity index (χ3v) is 3.58. The van der Waals surface area contributed by atoms with Gasteiger partial charge < -0.3 is 10.6 Å². The molecule has 0 spiro atoms. The van der Waals surface area contributed by atoms with Crippen LogP contribution < -0.4 is 10.6 Å². The van der Waals surface area contributed by atoms with Crippen molar-refractivity contribution in [2.75, 3.05) is 11.9 Å². The molecule has 21 heavy (non-hydrogen) atoms. The number of benzene rings is 1. The maximum atomic E-state index is 12.1. The number of carbonyl (C=O) groups is 1. The molecule has 5 heteroatoms. The van der Waals surface area contributed by atoms with Crippen molar-refractivity contribution in [3.05, 3.63) is 42.7 Å². The molecule has 1 aliphatic heterocycles. The summed E-state index contributed by atoms with van der Waals surface area (Å²) in [7, 11) is 0. The molecule has 1 atom stereocenters. The van der Waals surface area contributed by atoms with Crippen LogP contribution in [0.15, 0.2) is 42.7 Å². The molecule has 0 saturated carbocycles. The predicted octanol–water partition coefficient (Wildman–Crippen LogP) is 2.22. The molecule has 1 amide bonds. The van der Waals surface area contributed by atoms with Gasteiger partial charge in [-0.2, -0.15) is 0 Å². The van der Waals surface area contributed by atoms with Gasteiger partial charge in [0.25, 0.3) is 0 Å². The molecule has 2 N–H and O–H groups in total. The van der Waals surface area contributed by atoms with E-state index in [0.717, 1.165) is 31.4 Å². The fraction of sp³-hybridized carbons (Fsp3) is 0.312. The zero-order chi connectivity index (χ0) is 14.5. The van der Waals surface area contributed by atoms with Gasteiger partial charge in [0.05, 0.1) is 24.1 Å². The highest BCUT2D eigenvalue weighted by atomic mass is 16.2. The maximum absolute atomic E-state index is 12.1. The summed E-state index contributed by atoms with van der Waals surface area (Å²) in [6, 6.07) is 9.66. The van der Waals surface area contributed by atoms with E-state index in [1.54, 1.807) is 12.4 Å². The van der Waals surface area contributed by atoms with Crippen LogP contribution in [0.2, 0.25) is 0 Å². The van der Waals surface area contributed by atoms with Crippen molar-refractivity contribution >= 4 is 11.6 Å². The van der Waals surface area contributed by atoms with Gasteiger partial charge in [-0.15, -0.1) is 0 Å². The lowest BCUT2D eigenvalue weighted by Crippen LogP contribution is -2.43. The molecule has 5 nitrogen and oxygen atoms in total. The van der Waals surface area contributed by atoms with E-state index in [4.69, 9.17) is 0 Å². The Bertz CT molecular complexity index is 591. The van der Waals surface area contributed by atoms with Crippen LogP contribution in [0.1, 0.15) is 19.3 Å². The Kier molecular flexibility index (Phi) is 4.21. The quantitative estimate of drug-likeness (QED) is 0.906. The van der Waals surface area contributed by atoms with E-state index in [1.807, 2.05) is 30.3 Å². The van der Waals surface area contributed by atoms with E-state index < -0.39 is 0 Å². The summed E-state index contributed by atoms with van der Waals surface area (Å²) in [6.07, 6.45) is 6.41. The normalized spacial score (nSPS) is 18.2. The van der Waals surface area contributed by atoms with Gasteiger partial charge in [-0.3, -0.25) is 4.79 Å². The molecule has 1 aliphatic rings. The van der Waals surface area contributed by atoms with Crippen molar-refractivity contribution in [3.63, 3.8) is 0 Å². The average molecular weight is 282 g/mol. The molecule has 0 radical (unpaired) electrons. The van der Waals surface area contributed by atoms with Crippen LogP contribution in [0, 0.1) is 0 Å². The van der Waals surface area contributed by atoms with Crippen molar-refractivity contribution in [1.82, 2.24) is 15.3 Å². The highest BCUT2D eigenvalue weighted by molar-refractivity contribution is 5.94. The minimum Gasteiger partial charge on any atom is -0.322 e. The van der Waals surface area contributed by atoms with Crippen molar-refractivity contribution in [2.45, 2.75) is 25.3 Å². The molecule has 0 unspecified atom stereocenters. The predicted molar refractivity (Wildman–Crippen MR) is 81.7 cm³/mol. The molecule has 3 rings (SSSR count). The third-order valence-electron chi connectivity index (χ3n) is 3.58. The smallest absolute Gasteiger partial charge is 0.241 e. The second-order valence-corrected chi connectivity index (χ2v) is 5.15. The molecular weight excluding hydrogens is 264 g/mol. The number of amides is 1. The zero-order valence-corrected chi connectivity index (χ0v) is 11.7. The summed E-state index contributed by atoms with van der Waals surface area (Å²) >= 11 is 0. The summed E-state index contributed by atoms with van der Waals surface area (Å²) < 4.78 is 0. The van der Waals surface area contributed by atoms with Crippen LogP contribution in [0.3, 0.4) is 0 Å². The summed E-state index contributed by atoms with van der Waals surface area (Å²) in [6.45, 7) is 0.904. The number of piperidine rings is 1. The topological polar surface area (TPSA) is 66.9 Å². The standard InChI is InChI=1S/C16H18N4O/c21-16(14-8-4-5-9-17-14)20-13-10-18-15(19-11-13)12-6-2-1-3-7-12/h1-3,6-7,10-11,14,17H,4-5,8-9H2,(H,20,21)/t14-/m0/s1. The molecule has 108 valence electrons. The summed E-state index contributed by atoms with van der Waals surface area (Å²) in [4.78, 5) is 20.7. The fourth-order valence-electron chi connectivity index (χ4n) is 2.43. The molecule has 1 saturated heterocycles. The van der Waals surface area contributed by atoms with Gasteiger partial charge in [0.15, 0.2) is 5.82 Å². The maximum Gasteiger partial charge on any atom is 0.241 e. The van der Waals surface area contributed by atoms with Gasteiger partial charge in [-0.25, -0.2) is 9.97 Å². The van der Waals surface area contributed by atoms with Gasteiger partial charge in [0, 0.05) is 5.56 Å². The number of rotatable bonds is 3. The van der Waals surface area contributed by atoms with Crippen molar-refractivity contribution in [2.24, 2.45) is 0 Å². The Morgan fingerprint density at radius 2 is 1.90 bits per heavy atom. The van der Waals surface area contributed by atoms with Crippen LogP contribution >= 0.6 is 0 Å². The van der Waals surface area contributed by atoms with Crippen molar-refractivity contribution in [1.29, 1.82) is 0 Å². The number of nitrogens with one attached hydrogen (secondary N) is 2. The van der Waals surface area contributed by atoms with Crippen LogP contribution in [-0.2, 0) is 4.79 Å². The molecule has 0 aliphatic carbocycles. The Labute approximate surface area is 123 Å². The van der Waals surface area contributed by atoms with Gasteiger partial charge in [-0.05, 0) is 19.4 Å². The van der Waals surface area contributed by atoms with Crippen molar-refractivity contribution < 1.29 is 4.79 Å². The lowest BCUT2D eigenvalue weighted by Gasteiger charge is -2.22. The molecule has 2 heterocycles. The van der Waals surface area contributed by atoms with Gasteiger partial charge in [0.1, 0.15) is 0 Å². The second-order valence-electron chi connectivity index (χ2n) is 5.15. The second kappa shape index (κ2) is 6.45. The molecule has 0 bridgehead atoms. The first kappa shape index (κ1) is 13.7. The van der Waals surface area contributed by atoms with Crippen LogP contribution in [0.25, 0.3) is 11.4 Å². The van der Waals surface area contributed by atoms with Crippen LogP contribution in [0.5, 0.6) is 0 Å². The van der Waals surface area contributed by atoms with Crippen molar-refractivity contribution in [3.8, 4) is 11.4 Å². The monoisotopic (exact) mass is 282 g/mol. The van der Waals surface area contributed by atoms with Crippen LogP contribution in [0.4, 0.5) is 5.69 Å². The van der Waals surface area contributed by atoms with Gasteiger partial charge in [-0.1, -0.05) is 36.8 Å². The Hall–Kier alpha value is -2.27. The minimum atomic E-state index is -0.104. The van der Waals surface area contributed by atoms with E-state index in [1.165, 1.54) is 0 Å². The van der Waals surface area contributed by atoms with Gasteiger partial charge >= 0.3 is 0 Å². The van der Waals surface area contributed by atoms with E-state index >= 15 is 0 Å². The summed E-state index contributed by atoms with van der Waals surface area (Å²) in [5.74, 6) is 0.648. The molecule has 1 aromatic heterocycles. The highest BCUT2D eigenvalue weighted by Crippen LogP contribution is 2.15. The lowest BCUT2D eigenvalue weighted by molar-refractivity contribution is -0.118. The zero-order valence-electron chi connectivity index (χ0n) is 11.7. The van der Waals surface area contributed by atoms with Gasteiger partial charge in [0.2, 0.25) is 5.91 Å². The first-order chi connectivity index (χ1) is 10.3. The minimum absolute atomic E-state index is 0.00855. The lowest BCUT2D eigenvalue weighted by atomic mass is 10.0. The Morgan fingerprint density at radius 1 is 1.14 bits per heavy atom. The molecule has 1 fully saturated rings. The fourth-order valence-corrected chi connectivity index (χ4v) is 2.43. The number of hydrogen-bond donors (Lipinski definition) is 2. The number of hydrogen-bond acceptors (Lipinski definition) is 4. The Morgan fingerprint density at radius 3 is 2.57 bits per heavy atom. The highest BCUT2D eigenvalue weighted by Gasteiger charge is 2.20. The number of carbonyl (C=O) groups excluding carboxylic acids is 1. The number of aromatic nitrogens is 2. The molecular formula is C16H18N4O. The average Bonchev–Trinajstić information content (AvgIpc) is 2.57. The summed E-state index contributed by atoms with van der Waals surface area (Å²) in [5.41, 5.74) is 1.59. The summed E-state index contributed by atoms with van der Waals surface area (Å²) in [5, 5.41) is 6.09. The van der Waals surface area contributed by atoms with Crippen LogP contribution in [-0.4, -0.2) is 28.5 Å². The third kappa shape index (κ3) is 3.44. The first-order valence-corrected chi connectivity index (χ1v) is 7.24. The first-order valence-electron chi connectivity index (χ1n) is 7.24. The van der Waals surface area contributed by atoms with E-state index in [2.05, 4.69) is 20.6 Å². The number of anilines is 1. The molecule has 2 aromatic rings. The molecule has 1 aromatic carbocycles. The van der Waals surface area contributed by atoms with E-state index in [-0.39, 0.29) is 11.9 Å². The van der Waals surface area contributed by atoms with E-state index in [9.17, 15) is 4.79 Å². The SMILES string of the molecule is O=C(Nc1cnc(-c2ccccc2)nc1)[C@@H]1CCCCN1. The number of nitrogens with zero attached hydrogens (tertiary/aromatic N) is 2. The van der Waals surface area contributed by atoms with E-state index in [0.29, 0.717) is 11.5 Å².